The van der Waals surface area contributed by atoms with E-state index in [0.29, 0.717) is 23.6 Å². The van der Waals surface area contributed by atoms with Gasteiger partial charge in [0.25, 0.3) is 0 Å². The topological polar surface area (TPSA) is 74.5 Å². The van der Waals surface area contributed by atoms with Gasteiger partial charge in [0.1, 0.15) is 17.8 Å². The Morgan fingerprint density at radius 3 is 2.74 bits per heavy atom. The van der Waals surface area contributed by atoms with E-state index in [9.17, 15) is 8.78 Å². The van der Waals surface area contributed by atoms with Crippen LogP contribution in [0.5, 0.6) is 0 Å². The third-order valence-electron chi connectivity index (χ3n) is 3.97. The summed E-state index contributed by atoms with van der Waals surface area (Å²) in [6.45, 7) is 0.341. The van der Waals surface area contributed by atoms with Gasteiger partial charge in [-0.3, -0.25) is 4.98 Å². The van der Waals surface area contributed by atoms with Gasteiger partial charge in [-0.1, -0.05) is 12.1 Å². The smallest absolute Gasteiger partial charge is 0.148 e. The van der Waals surface area contributed by atoms with Crippen molar-refractivity contribution < 1.29 is 8.78 Å². The molecule has 0 aliphatic heterocycles. The summed E-state index contributed by atoms with van der Waals surface area (Å²) in [5, 5.41) is 20.1. The lowest BCUT2D eigenvalue weighted by molar-refractivity contribution is 0.313. The van der Waals surface area contributed by atoms with Crippen LogP contribution in [0.2, 0.25) is 0 Å². The Balaban J connectivity index is 1.51. The zero-order valence-corrected chi connectivity index (χ0v) is 14.4. The SMILES string of the molecule is N#Cc1cccc(-c2ccc(NCC[C@H](F)Cc3ncccc3F)nn2)c1. The van der Waals surface area contributed by atoms with Crippen molar-refractivity contribution in [2.75, 3.05) is 11.9 Å². The third kappa shape index (κ3) is 5.05. The quantitative estimate of drug-likeness (QED) is 0.687. The molecule has 1 atom stereocenters. The number of hydrogen-bond donors (Lipinski definition) is 1. The number of aromatic nitrogens is 3. The van der Waals surface area contributed by atoms with Crippen molar-refractivity contribution in [2.24, 2.45) is 0 Å². The molecule has 0 bridgehead atoms. The molecule has 136 valence electrons. The maximum atomic E-state index is 14.0. The molecule has 0 amide bonds. The van der Waals surface area contributed by atoms with Gasteiger partial charge in [-0.25, -0.2) is 8.78 Å². The van der Waals surface area contributed by atoms with Crippen LogP contribution >= 0.6 is 0 Å². The lowest BCUT2D eigenvalue weighted by Gasteiger charge is -2.10. The molecule has 0 fully saturated rings. The Morgan fingerprint density at radius 2 is 2.00 bits per heavy atom. The van der Waals surface area contributed by atoms with Crippen molar-refractivity contribution >= 4 is 5.82 Å². The second-order valence-electron chi connectivity index (χ2n) is 5.95. The van der Waals surface area contributed by atoms with Crippen LogP contribution in [-0.4, -0.2) is 27.9 Å². The largest absolute Gasteiger partial charge is 0.368 e. The molecular formula is C20H17F2N5. The summed E-state index contributed by atoms with van der Waals surface area (Å²) in [6, 6.07) is 15.5. The highest BCUT2D eigenvalue weighted by Crippen LogP contribution is 2.18. The number of nitrogens with one attached hydrogen (secondary N) is 1. The van der Waals surface area contributed by atoms with Gasteiger partial charge < -0.3 is 5.32 Å². The highest BCUT2D eigenvalue weighted by molar-refractivity contribution is 5.61. The summed E-state index contributed by atoms with van der Waals surface area (Å²) in [7, 11) is 0. The summed E-state index contributed by atoms with van der Waals surface area (Å²) in [4.78, 5) is 3.86. The Labute approximate surface area is 155 Å². The van der Waals surface area contributed by atoms with Crippen molar-refractivity contribution in [3.63, 3.8) is 0 Å². The van der Waals surface area contributed by atoms with Gasteiger partial charge >= 0.3 is 0 Å². The Bertz CT molecular complexity index is 938. The minimum Gasteiger partial charge on any atom is -0.368 e. The molecule has 3 rings (SSSR count). The number of halogens is 2. The number of rotatable bonds is 7. The normalized spacial score (nSPS) is 11.6. The minimum absolute atomic E-state index is 0.0613. The summed E-state index contributed by atoms with van der Waals surface area (Å²) < 4.78 is 27.5. The molecule has 1 N–H and O–H groups in total. The molecular weight excluding hydrogens is 348 g/mol. The number of pyridine rings is 1. The van der Waals surface area contributed by atoms with Crippen LogP contribution in [0.3, 0.4) is 0 Å². The van der Waals surface area contributed by atoms with Crippen LogP contribution in [0.4, 0.5) is 14.6 Å². The van der Waals surface area contributed by atoms with Crippen molar-refractivity contribution in [1.82, 2.24) is 15.2 Å². The Morgan fingerprint density at radius 1 is 1.11 bits per heavy atom. The molecule has 0 aliphatic carbocycles. The van der Waals surface area contributed by atoms with Crippen LogP contribution in [0.15, 0.2) is 54.7 Å². The van der Waals surface area contributed by atoms with E-state index in [1.165, 1.54) is 18.3 Å². The van der Waals surface area contributed by atoms with Gasteiger partial charge in [-0.05, 0) is 42.8 Å². The summed E-state index contributed by atoms with van der Waals surface area (Å²) >= 11 is 0. The molecule has 1 aromatic carbocycles. The van der Waals surface area contributed by atoms with Gasteiger partial charge in [0.05, 0.1) is 23.0 Å². The fourth-order valence-electron chi connectivity index (χ4n) is 2.57. The molecule has 0 spiro atoms. The van der Waals surface area contributed by atoms with Crippen LogP contribution in [-0.2, 0) is 6.42 Å². The summed E-state index contributed by atoms with van der Waals surface area (Å²) in [5.41, 5.74) is 2.13. The highest BCUT2D eigenvalue weighted by atomic mass is 19.1. The third-order valence-corrected chi connectivity index (χ3v) is 3.97. The van der Waals surface area contributed by atoms with E-state index in [1.54, 1.807) is 30.3 Å². The Hall–Kier alpha value is -3.40. The Kier molecular flexibility index (Phi) is 6.00. The molecule has 5 nitrogen and oxygen atoms in total. The van der Waals surface area contributed by atoms with Crippen LogP contribution in [0.25, 0.3) is 11.3 Å². The van der Waals surface area contributed by atoms with Crippen LogP contribution in [0, 0.1) is 17.1 Å². The molecule has 3 aromatic rings. The molecule has 0 aliphatic rings. The zero-order chi connectivity index (χ0) is 19.1. The average Bonchev–Trinajstić information content (AvgIpc) is 2.70. The van der Waals surface area contributed by atoms with E-state index in [0.717, 1.165) is 5.56 Å². The van der Waals surface area contributed by atoms with E-state index >= 15 is 0 Å². The lowest BCUT2D eigenvalue weighted by atomic mass is 10.1. The number of anilines is 1. The maximum absolute atomic E-state index is 14.0. The van der Waals surface area contributed by atoms with Crippen molar-refractivity contribution in [3.05, 3.63) is 71.8 Å². The first-order valence-corrected chi connectivity index (χ1v) is 8.47. The molecule has 0 saturated heterocycles. The summed E-state index contributed by atoms with van der Waals surface area (Å²) in [5.74, 6) is 0.0291. The highest BCUT2D eigenvalue weighted by Gasteiger charge is 2.12. The van der Waals surface area contributed by atoms with Gasteiger partial charge in [0, 0.05) is 24.7 Å². The van der Waals surface area contributed by atoms with Crippen LogP contribution < -0.4 is 5.32 Å². The van der Waals surface area contributed by atoms with Gasteiger partial charge in [0.15, 0.2) is 0 Å². The average molecular weight is 365 g/mol. The van der Waals surface area contributed by atoms with Crippen LogP contribution in [0.1, 0.15) is 17.7 Å². The monoisotopic (exact) mass is 365 g/mol. The van der Waals surface area contributed by atoms with E-state index in [-0.39, 0.29) is 18.5 Å². The minimum atomic E-state index is -1.21. The fraction of sp³-hybridized carbons (Fsp3) is 0.200. The van der Waals surface area contributed by atoms with E-state index in [4.69, 9.17) is 5.26 Å². The van der Waals surface area contributed by atoms with Gasteiger partial charge in [-0.2, -0.15) is 5.26 Å². The first kappa shape index (κ1) is 18.4. The first-order valence-electron chi connectivity index (χ1n) is 8.47. The number of alkyl halides is 1. The first-order chi connectivity index (χ1) is 13.2. The van der Waals surface area contributed by atoms with Crippen molar-refractivity contribution in [1.29, 1.82) is 5.26 Å². The van der Waals surface area contributed by atoms with Gasteiger partial charge in [-0.15, -0.1) is 10.2 Å². The second-order valence-corrected chi connectivity index (χ2v) is 5.95. The zero-order valence-electron chi connectivity index (χ0n) is 14.4. The standard InChI is InChI=1S/C20H17F2N5/c21-16(12-19-17(22)5-2-9-24-19)8-10-25-20-7-6-18(26-27-20)15-4-1-3-14(11-15)13-23/h1-7,9,11,16H,8,10,12H2,(H,25,27)/t16-/m0/s1. The number of nitrogens with zero attached hydrogens (tertiary/aromatic N) is 4. The molecule has 0 unspecified atom stereocenters. The van der Waals surface area contributed by atoms with E-state index in [1.807, 2.05) is 6.07 Å². The lowest BCUT2D eigenvalue weighted by Crippen LogP contribution is -2.14. The van der Waals surface area contributed by atoms with Gasteiger partial charge in [0.2, 0.25) is 0 Å². The maximum Gasteiger partial charge on any atom is 0.148 e. The number of nitriles is 1. The predicted octanol–water partition coefficient (Wildman–Crippen LogP) is 3.93. The molecule has 2 aromatic heterocycles. The van der Waals surface area contributed by atoms with E-state index in [2.05, 4.69) is 26.6 Å². The van der Waals surface area contributed by atoms with Crippen molar-refractivity contribution in [3.8, 4) is 17.3 Å². The van der Waals surface area contributed by atoms with Crippen molar-refractivity contribution in [2.45, 2.75) is 19.0 Å². The number of benzene rings is 1. The predicted molar refractivity (Wildman–Crippen MR) is 98.1 cm³/mol. The molecule has 0 saturated carbocycles. The fourth-order valence-corrected chi connectivity index (χ4v) is 2.57. The second kappa shape index (κ2) is 8.81. The molecule has 7 heteroatoms. The number of hydrogen-bond acceptors (Lipinski definition) is 5. The summed E-state index contributed by atoms with van der Waals surface area (Å²) in [6.07, 6.45) is 0.382. The molecule has 27 heavy (non-hydrogen) atoms. The van der Waals surface area contributed by atoms with E-state index < -0.39 is 12.0 Å². The molecule has 0 radical (unpaired) electrons. The molecule has 2 heterocycles.